The molecular weight excluding hydrogens is 368 g/mol. The lowest BCUT2D eigenvalue weighted by Crippen LogP contribution is -2.35. The van der Waals surface area contributed by atoms with Gasteiger partial charge in [0.2, 0.25) is 0 Å². The molecule has 0 saturated carbocycles. The van der Waals surface area contributed by atoms with E-state index in [4.69, 9.17) is 0 Å². The molecule has 0 spiro atoms. The number of allylic oxidation sites excluding steroid dienone is 3. The largest absolute Gasteiger partial charge is 0.325 e. The van der Waals surface area contributed by atoms with Gasteiger partial charge < -0.3 is 5.32 Å². The summed E-state index contributed by atoms with van der Waals surface area (Å²) >= 11 is 3.35. The number of rotatable bonds is 1. The summed E-state index contributed by atoms with van der Waals surface area (Å²) < 4.78 is 0.916. The van der Waals surface area contributed by atoms with Gasteiger partial charge in [-0.3, -0.25) is 9.59 Å². The van der Waals surface area contributed by atoms with Crippen LogP contribution in [0.4, 0.5) is 0 Å². The number of benzene rings is 1. The zero-order valence-electron chi connectivity index (χ0n) is 12.9. The Balaban J connectivity index is 1.61. The lowest BCUT2D eigenvalue weighted by Gasteiger charge is -2.28. The van der Waals surface area contributed by atoms with E-state index in [0.29, 0.717) is 11.3 Å². The second-order valence-corrected chi connectivity index (χ2v) is 7.01. The monoisotopic (exact) mass is 382 g/mol. The molecule has 1 aromatic rings. The van der Waals surface area contributed by atoms with E-state index in [2.05, 4.69) is 26.2 Å². The van der Waals surface area contributed by atoms with Gasteiger partial charge >= 0.3 is 0 Å². The predicted octanol–water partition coefficient (Wildman–Crippen LogP) is 3.71. The summed E-state index contributed by atoms with van der Waals surface area (Å²) in [7, 11) is 0. The molecule has 4 nitrogen and oxygen atoms in total. The molecule has 5 heteroatoms. The number of hydrogen-bond acceptors (Lipinski definition) is 2. The zero-order chi connectivity index (χ0) is 16.7. The molecular formula is C19H15BrN2O2. The molecule has 0 bridgehead atoms. The topological polar surface area (TPSA) is 58.5 Å². The fourth-order valence-electron chi connectivity index (χ4n) is 3.43. The molecule has 1 atom stereocenters. The standard InChI is InChI=1S/C19H15BrN2O2/c20-12-6-4-11(5-7-12)18(23)21-13-8-9-15-14-2-1-3-16(14)19(24)22-17(15)10-13/h4-10,15H,1-3H2,(H,22,24). The fourth-order valence-corrected chi connectivity index (χ4v) is 3.70. The molecule has 3 aliphatic rings. The normalized spacial score (nSPS) is 23.7. The van der Waals surface area contributed by atoms with E-state index < -0.39 is 0 Å². The molecule has 1 aliphatic heterocycles. The number of amides is 2. The van der Waals surface area contributed by atoms with E-state index in [1.807, 2.05) is 24.3 Å². The third-order valence-corrected chi connectivity index (χ3v) is 5.12. The first kappa shape index (κ1) is 15.3. The van der Waals surface area contributed by atoms with Crippen LogP contribution in [0.15, 0.2) is 68.8 Å². The number of nitrogens with one attached hydrogen (secondary N) is 1. The third-order valence-electron chi connectivity index (χ3n) is 4.59. The average molecular weight is 383 g/mol. The summed E-state index contributed by atoms with van der Waals surface area (Å²) in [5.41, 5.74) is 4.09. The number of halogens is 1. The molecule has 1 unspecified atom stereocenters. The van der Waals surface area contributed by atoms with E-state index in [9.17, 15) is 9.59 Å². The van der Waals surface area contributed by atoms with Crippen LogP contribution in [0.2, 0.25) is 0 Å². The second kappa shape index (κ2) is 5.98. The molecule has 4 rings (SSSR count). The van der Waals surface area contributed by atoms with Gasteiger partial charge in [0.1, 0.15) is 0 Å². The van der Waals surface area contributed by atoms with Gasteiger partial charge in [-0.25, -0.2) is 4.99 Å². The van der Waals surface area contributed by atoms with Crippen LogP contribution in [0.3, 0.4) is 0 Å². The summed E-state index contributed by atoms with van der Waals surface area (Å²) in [6, 6.07) is 7.09. The third kappa shape index (κ3) is 2.69. The van der Waals surface area contributed by atoms with Crippen molar-refractivity contribution in [2.45, 2.75) is 19.3 Å². The van der Waals surface area contributed by atoms with Gasteiger partial charge in [0, 0.05) is 27.2 Å². The lowest BCUT2D eigenvalue weighted by molar-refractivity contribution is -0.117. The van der Waals surface area contributed by atoms with Crippen LogP contribution in [0.25, 0.3) is 0 Å². The van der Waals surface area contributed by atoms with Crippen molar-refractivity contribution in [3.63, 3.8) is 0 Å². The quantitative estimate of drug-likeness (QED) is 0.804. The van der Waals surface area contributed by atoms with E-state index in [0.717, 1.165) is 35.0 Å². The van der Waals surface area contributed by atoms with Crippen LogP contribution in [-0.4, -0.2) is 17.5 Å². The van der Waals surface area contributed by atoms with Crippen molar-refractivity contribution in [2.75, 3.05) is 0 Å². The Morgan fingerprint density at radius 3 is 2.79 bits per heavy atom. The van der Waals surface area contributed by atoms with Crippen LogP contribution >= 0.6 is 15.9 Å². The number of nitrogens with zero attached hydrogens (tertiary/aromatic N) is 1. The SMILES string of the molecule is O=C1NC2=CC(=NC(=O)c3ccc(Br)cc3)C=CC2C2=C1CCC2. The van der Waals surface area contributed by atoms with Crippen LogP contribution < -0.4 is 5.32 Å². The fraction of sp³-hybridized carbons (Fsp3) is 0.211. The van der Waals surface area contributed by atoms with Gasteiger partial charge in [0.15, 0.2) is 0 Å². The average Bonchev–Trinajstić information content (AvgIpc) is 3.06. The highest BCUT2D eigenvalue weighted by Crippen LogP contribution is 2.39. The molecule has 2 aliphatic carbocycles. The molecule has 1 N–H and O–H groups in total. The first-order chi connectivity index (χ1) is 11.6. The highest BCUT2D eigenvalue weighted by atomic mass is 79.9. The molecule has 1 aromatic carbocycles. The van der Waals surface area contributed by atoms with Gasteiger partial charge in [-0.2, -0.15) is 0 Å². The number of hydrogen-bond donors (Lipinski definition) is 1. The Labute approximate surface area is 148 Å². The summed E-state index contributed by atoms with van der Waals surface area (Å²) in [4.78, 5) is 28.6. The first-order valence-electron chi connectivity index (χ1n) is 7.93. The maximum atomic E-state index is 12.3. The van der Waals surface area contributed by atoms with Gasteiger partial charge in [-0.05, 0) is 61.3 Å². The highest BCUT2D eigenvalue weighted by molar-refractivity contribution is 9.10. The zero-order valence-corrected chi connectivity index (χ0v) is 14.5. The summed E-state index contributed by atoms with van der Waals surface area (Å²) in [5, 5.41) is 2.95. The van der Waals surface area contributed by atoms with E-state index in [1.165, 1.54) is 5.57 Å². The smallest absolute Gasteiger partial charge is 0.277 e. The van der Waals surface area contributed by atoms with Crippen LogP contribution in [-0.2, 0) is 4.79 Å². The van der Waals surface area contributed by atoms with Crippen molar-refractivity contribution in [1.29, 1.82) is 0 Å². The van der Waals surface area contributed by atoms with Crippen LogP contribution in [0.5, 0.6) is 0 Å². The van der Waals surface area contributed by atoms with Gasteiger partial charge in [-0.15, -0.1) is 0 Å². The Morgan fingerprint density at radius 2 is 2.00 bits per heavy atom. The number of aliphatic imine (C=N–C) groups is 1. The van der Waals surface area contributed by atoms with Crippen molar-refractivity contribution >= 4 is 33.5 Å². The van der Waals surface area contributed by atoms with Crippen LogP contribution in [0.1, 0.15) is 29.6 Å². The van der Waals surface area contributed by atoms with Crippen molar-refractivity contribution in [1.82, 2.24) is 5.32 Å². The minimum Gasteiger partial charge on any atom is -0.325 e. The lowest BCUT2D eigenvalue weighted by atomic mass is 9.85. The Bertz CT molecular complexity index is 860. The molecule has 0 radical (unpaired) electrons. The van der Waals surface area contributed by atoms with Gasteiger partial charge in [-0.1, -0.05) is 22.0 Å². The van der Waals surface area contributed by atoms with Crippen molar-refractivity contribution in [3.05, 3.63) is 69.4 Å². The molecule has 0 fully saturated rings. The van der Waals surface area contributed by atoms with Gasteiger partial charge in [0.05, 0.1) is 5.71 Å². The Morgan fingerprint density at radius 1 is 1.21 bits per heavy atom. The Hall–Kier alpha value is -2.27. The van der Waals surface area contributed by atoms with E-state index in [-0.39, 0.29) is 17.7 Å². The minimum absolute atomic E-state index is 0.00103. The Kier molecular flexibility index (Phi) is 3.81. The summed E-state index contributed by atoms with van der Waals surface area (Å²) in [5.74, 6) is -0.166. The maximum Gasteiger partial charge on any atom is 0.277 e. The maximum absolute atomic E-state index is 12.3. The van der Waals surface area contributed by atoms with Crippen molar-refractivity contribution in [3.8, 4) is 0 Å². The van der Waals surface area contributed by atoms with Crippen LogP contribution in [0, 0.1) is 5.92 Å². The number of carbonyl (C=O) groups excluding carboxylic acids is 2. The highest BCUT2D eigenvalue weighted by Gasteiger charge is 2.34. The molecule has 0 aromatic heterocycles. The molecule has 0 saturated heterocycles. The van der Waals surface area contributed by atoms with Crippen molar-refractivity contribution in [2.24, 2.45) is 10.9 Å². The van der Waals surface area contributed by atoms with Gasteiger partial charge in [0.25, 0.3) is 11.8 Å². The summed E-state index contributed by atoms with van der Waals surface area (Å²) in [6.45, 7) is 0. The number of carbonyl (C=O) groups is 2. The van der Waals surface area contributed by atoms with E-state index in [1.54, 1.807) is 18.2 Å². The summed E-state index contributed by atoms with van der Waals surface area (Å²) in [6.07, 6.45) is 8.58. The van der Waals surface area contributed by atoms with Crippen molar-refractivity contribution < 1.29 is 9.59 Å². The molecule has 24 heavy (non-hydrogen) atoms. The predicted molar refractivity (Wildman–Crippen MR) is 95.6 cm³/mol. The number of fused-ring (bicyclic) bond motifs is 2. The van der Waals surface area contributed by atoms with E-state index >= 15 is 0 Å². The molecule has 120 valence electrons. The first-order valence-corrected chi connectivity index (χ1v) is 8.73. The minimum atomic E-state index is -0.291. The molecule has 2 amide bonds. The molecule has 1 heterocycles. The second-order valence-electron chi connectivity index (χ2n) is 6.10.